The van der Waals surface area contributed by atoms with Crippen molar-refractivity contribution in [1.82, 2.24) is 0 Å². The van der Waals surface area contributed by atoms with Gasteiger partial charge < -0.3 is 4.74 Å². The van der Waals surface area contributed by atoms with Crippen LogP contribution in [0.5, 0.6) is 0 Å². The van der Waals surface area contributed by atoms with Crippen molar-refractivity contribution in [3.63, 3.8) is 0 Å². The maximum atomic E-state index is 12.1. The second-order valence-electron chi connectivity index (χ2n) is 3.80. The van der Waals surface area contributed by atoms with Crippen LogP contribution < -0.4 is 4.72 Å². The summed E-state index contributed by atoms with van der Waals surface area (Å²) in [7, 11) is -1.93. The van der Waals surface area contributed by atoms with E-state index < -0.39 is 10.0 Å². The first-order chi connectivity index (χ1) is 9.01. The number of sulfonamides is 1. The van der Waals surface area contributed by atoms with Gasteiger partial charge in [-0.2, -0.15) is 0 Å². The van der Waals surface area contributed by atoms with Crippen LogP contribution in [-0.4, -0.2) is 15.5 Å². The lowest BCUT2D eigenvalue weighted by Crippen LogP contribution is -2.11. The van der Waals surface area contributed by atoms with Crippen LogP contribution in [0.15, 0.2) is 44.4 Å². The Morgan fingerprint density at radius 1 is 1.32 bits per heavy atom. The number of anilines is 1. The van der Waals surface area contributed by atoms with Crippen molar-refractivity contribution in [2.24, 2.45) is 0 Å². The average molecular weight is 362 g/mol. The Morgan fingerprint density at radius 3 is 2.74 bits per heavy atom. The smallest absolute Gasteiger partial charge is 0.271 e. The summed E-state index contributed by atoms with van der Waals surface area (Å²) >= 11 is 4.42. The fraction of sp³-hybridized carbons (Fsp3) is 0.167. The van der Waals surface area contributed by atoms with E-state index in [0.29, 0.717) is 12.3 Å². The van der Waals surface area contributed by atoms with Crippen molar-refractivity contribution in [1.29, 1.82) is 0 Å². The van der Waals surface area contributed by atoms with Gasteiger partial charge in [0.15, 0.2) is 0 Å². The SMILES string of the molecule is COCc1cccc(NS(=O)(=O)c2ccc(Br)s2)c1. The third-order valence-electron chi connectivity index (χ3n) is 2.30. The highest BCUT2D eigenvalue weighted by molar-refractivity contribution is 9.11. The number of thiophene rings is 1. The number of hydrogen-bond acceptors (Lipinski definition) is 4. The minimum Gasteiger partial charge on any atom is -0.380 e. The van der Waals surface area contributed by atoms with Crippen LogP contribution in [0.1, 0.15) is 5.56 Å². The van der Waals surface area contributed by atoms with Gasteiger partial charge in [0, 0.05) is 12.8 Å². The molecule has 2 rings (SSSR count). The molecule has 102 valence electrons. The molecule has 0 aliphatic rings. The summed E-state index contributed by atoms with van der Waals surface area (Å²) < 4.78 is 32.9. The molecule has 0 atom stereocenters. The highest BCUT2D eigenvalue weighted by Crippen LogP contribution is 2.27. The van der Waals surface area contributed by atoms with E-state index in [1.807, 2.05) is 6.07 Å². The van der Waals surface area contributed by atoms with Gasteiger partial charge in [-0.05, 0) is 45.8 Å². The summed E-state index contributed by atoms with van der Waals surface area (Å²) in [5.41, 5.74) is 1.44. The van der Waals surface area contributed by atoms with Gasteiger partial charge >= 0.3 is 0 Å². The molecule has 0 saturated carbocycles. The Labute approximate surface area is 124 Å². The number of hydrogen-bond donors (Lipinski definition) is 1. The number of rotatable bonds is 5. The van der Waals surface area contributed by atoms with E-state index >= 15 is 0 Å². The summed E-state index contributed by atoms with van der Waals surface area (Å²) in [6.07, 6.45) is 0. The third-order valence-corrected chi connectivity index (χ3v) is 5.80. The van der Waals surface area contributed by atoms with Gasteiger partial charge in [-0.15, -0.1) is 11.3 Å². The van der Waals surface area contributed by atoms with E-state index in [9.17, 15) is 8.42 Å². The van der Waals surface area contributed by atoms with Gasteiger partial charge in [-0.1, -0.05) is 12.1 Å². The van der Waals surface area contributed by atoms with E-state index in [0.717, 1.165) is 9.35 Å². The molecule has 19 heavy (non-hydrogen) atoms. The summed E-state index contributed by atoms with van der Waals surface area (Å²) in [5.74, 6) is 0. The zero-order valence-corrected chi connectivity index (χ0v) is 13.3. The number of benzene rings is 1. The highest BCUT2D eigenvalue weighted by atomic mass is 79.9. The molecular formula is C12H12BrNO3S2. The third kappa shape index (κ3) is 3.79. The molecule has 1 N–H and O–H groups in total. The lowest BCUT2D eigenvalue weighted by Gasteiger charge is -2.07. The van der Waals surface area contributed by atoms with Crippen LogP contribution in [0.3, 0.4) is 0 Å². The molecule has 7 heteroatoms. The largest absolute Gasteiger partial charge is 0.380 e. The standard InChI is InChI=1S/C12H12BrNO3S2/c1-17-8-9-3-2-4-10(7-9)14-19(15,16)12-6-5-11(13)18-12/h2-7,14H,8H2,1H3. The Morgan fingerprint density at radius 2 is 2.11 bits per heavy atom. The van der Waals surface area contributed by atoms with Gasteiger partial charge in [0.05, 0.1) is 10.4 Å². The van der Waals surface area contributed by atoms with E-state index in [1.165, 1.54) is 11.3 Å². The molecule has 1 aromatic heterocycles. The summed E-state index contributed by atoms with van der Waals surface area (Å²) in [6, 6.07) is 10.4. The van der Waals surface area contributed by atoms with Crippen molar-refractivity contribution < 1.29 is 13.2 Å². The van der Waals surface area contributed by atoms with Crippen LogP contribution in [-0.2, 0) is 21.4 Å². The van der Waals surface area contributed by atoms with Crippen LogP contribution in [0.4, 0.5) is 5.69 Å². The van der Waals surface area contributed by atoms with Gasteiger partial charge in [-0.25, -0.2) is 8.42 Å². The lowest BCUT2D eigenvalue weighted by molar-refractivity contribution is 0.185. The molecule has 0 aliphatic heterocycles. The van der Waals surface area contributed by atoms with Gasteiger partial charge in [0.1, 0.15) is 4.21 Å². The first kappa shape index (κ1) is 14.5. The minimum absolute atomic E-state index is 0.275. The monoisotopic (exact) mass is 361 g/mol. The lowest BCUT2D eigenvalue weighted by atomic mass is 10.2. The maximum Gasteiger partial charge on any atom is 0.271 e. The quantitative estimate of drug-likeness (QED) is 0.886. The van der Waals surface area contributed by atoms with Gasteiger partial charge in [-0.3, -0.25) is 4.72 Å². The fourth-order valence-electron chi connectivity index (χ4n) is 1.54. The van der Waals surface area contributed by atoms with Crippen molar-refractivity contribution in [2.45, 2.75) is 10.8 Å². The maximum absolute atomic E-state index is 12.1. The summed E-state index contributed by atoms with van der Waals surface area (Å²) in [6.45, 7) is 0.445. The molecule has 4 nitrogen and oxygen atoms in total. The minimum atomic E-state index is -3.53. The molecule has 0 bridgehead atoms. The Bertz CT molecular complexity index is 667. The molecule has 0 spiro atoms. The molecule has 0 fully saturated rings. The van der Waals surface area contributed by atoms with E-state index in [2.05, 4.69) is 20.7 Å². The number of ether oxygens (including phenoxy) is 1. The number of methoxy groups -OCH3 is 1. The van der Waals surface area contributed by atoms with E-state index in [1.54, 1.807) is 37.4 Å². The molecule has 2 aromatic rings. The predicted octanol–water partition coefficient (Wildman–Crippen LogP) is 3.46. The number of nitrogens with one attached hydrogen (secondary N) is 1. The van der Waals surface area contributed by atoms with Crippen molar-refractivity contribution >= 4 is 43.0 Å². The zero-order chi connectivity index (χ0) is 13.9. The Hall–Kier alpha value is -0.890. The first-order valence-corrected chi connectivity index (χ1v) is 8.46. The van der Waals surface area contributed by atoms with Crippen LogP contribution in [0.25, 0.3) is 0 Å². The molecule has 0 radical (unpaired) electrons. The average Bonchev–Trinajstić information content (AvgIpc) is 2.77. The molecule has 0 aliphatic carbocycles. The highest BCUT2D eigenvalue weighted by Gasteiger charge is 2.16. The topological polar surface area (TPSA) is 55.4 Å². The molecule has 0 amide bonds. The van der Waals surface area contributed by atoms with Crippen molar-refractivity contribution in [3.05, 3.63) is 45.7 Å². The Kier molecular flexibility index (Phi) is 4.62. The van der Waals surface area contributed by atoms with E-state index in [-0.39, 0.29) is 4.21 Å². The molecule has 1 aromatic carbocycles. The molecular weight excluding hydrogens is 350 g/mol. The van der Waals surface area contributed by atoms with Crippen molar-refractivity contribution in [2.75, 3.05) is 11.8 Å². The van der Waals surface area contributed by atoms with E-state index in [4.69, 9.17) is 4.74 Å². The molecule has 0 unspecified atom stereocenters. The summed E-state index contributed by atoms with van der Waals surface area (Å²) in [4.78, 5) is 0. The zero-order valence-electron chi connectivity index (χ0n) is 10.1. The predicted molar refractivity (Wildman–Crippen MR) is 80.0 cm³/mol. The second kappa shape index (κ2) is 6.04. The molecule has 0 saturated heterocycles. The van der Waals surface area contributed by atoms with Crippen LogP contribution >= 0.6 is 27.3 Å². The first-order valence-electron chi connectivity index (χ1n) is 5.37. The van der Waals surface area contributed by atoms with Crippen LogP contribution in [0.2, 0.25) is 0 Å². The van der Waals surface area contributed by atoms with Crippen molar-refractivity contribution in [3.8, 4) is 0 Å². The molecule has 1 heterocycles. The van der Waals surface area contributed by atoms with Crippen LogP contribution in [0, 0.1) is 0 Å². The second-order valence-corrected chi connectivity index (χ2v) is 8.17. The fourth-order valence-corrected chi connectivity index (χ4v) is 4.60. The van der Waals surface area contributed by atoms with Gasteiger partial charge in [0.25, 0.3) is 10.0 Å². The number of halogens is 1. The van der Waals surface area contributed by atoms with Gasteiger partial charge in [0.2, 0.25) is 0 Å². The Balaban J connectivity index is 2.23. The summed E-state index contributed by atoms with van der Waals surface area (Å²) in [5, 5.41) is 0. The normalized spacial score (nSPS) is 11.5.